The van der Waals surface area contributed by atoms with E-state index in [9.17, 15) is 4.79 Å². The van der Waals surface area contributed by atoms with Gasteiger partial charge >= 0.3 is 0 Å². The summed E-state index contributed by atoms with van der Waals surface area (Å²) in [5.74, 6) is 2.05. The lowest BCUT2D eigenvalue weighted by molar-refractivity contribution is 0.0954. The van der Waals surface area contributed by atoms with Crippen LogP contribution in [0.1, 0.15) is 46.2 Å². The first-order valence-electron chi connectivity index (χ1n) is 9.32. The number of hydrogen-bond donors (Lipinski definition) is 1. The van der Waals surface area contributed by atoms with E-state index in [2.05, 4.69) is 15.3 Å². The van der Waals surface area contributed by atoms with Crippen LogP contribution in [0, 0.1) is 13.8 Å². The molecule has 1 aromatic carbocycles. The van der Waals surface area contributed by atoms with Gasteiger partial charge in [0.05, 0.1) is 18.6 Å². The zero-order valence-corrected chi connectivity index (χ0v) is 17.7. The molecule has 6 nitrogen and oxygen atoms in total. The summed E-state index contributed by atoms with van der Waals surface area (Å²) in [6, 6.07) is 5.67. The van der Waals surface area contributed by atoms with E-state index < -0.39 is 0 Å². The number of methoxy groups -OCH3 is 1. The van der Waals surface area contributed by atoms with E-state index in [1.54, 1.807) is 7.11 Å². The molecule has 1 N–H and O–H groups in total. The fraction of sp³-hybridized carbons (Fsp3) is 0.381. The first-order valence-corrected chi connectivity index (χ1v) is 10.1. The van der Waals surface area contributed by atoms with Gasteiger partial charge in [-0.25, -0.2) is 9.97 Å². The van der Waals surface area contributed by atoms with Crippen LogP contribution in [0.15, 0.2) is 18.2 Å². The average Bonchev–Trinajstić information content (AvgIpc) is 3.04. The van der Waals surface area contributed by atoms with Gasteiger partial charge in [-0.3, -0.25) is 4.79 Å². The van der Waals surface area contributed by atoms with Crippen molar-refractivity contribution in [1.29, 1.82) is 0 Å². The topological polar surface area (TPSA) is 73.3 Å². The quantitative estimate of drug-likeness (QED) is 0.644. The minimum absolute atomic E-state index is 0.106. The lowest BCUT2D eigenvalue weighted by atomic mass is 10.1. The third-order valence-electron chi connectivity index (χ3n) is 4.52. The van der Waals surface area contributed by atoms with Gasteiger partial charge in [0.1, 0.15) is 10.7 Å². The minimum atomic E-state index is -0.106. The van der Waals surface area contributed by atoms with Gasteiger partial charge < -0.3 is 14.8 Å². The maximum absolute atomic E-state index is 12.8. The number of benzene rings is 1. The molecule has 148 valence electrons. The average molecular weight is 400 g/mol. The molecule has 0 aliphatic rings. The molecule has 2 aromatic heterocycles. The number of nitrogens with one attached hydrogen (secondary N) is 1. The molecule has 1 amide bonds. The maximum Gasteiger partial charge on any atom is 0.261 e. The van der Waals surface area contributed by atoms with Crippen molar-refractivity contribution >= 4 is 27.5 Å². The summed E-state index contributed by atoms with van der Waals surface area (Å²) in [6.07, 6.45) is 0.773. The van der Waals surface area contributed by atoms with Crippen molar-refractivity contribution in [3.05, 3.63) is 45.7 Å². The summed E-state index contributed by atoms with van der Waals surface area (Å²) < 4.78 is 10.9. The van der Waals surface area contributed by atoms with Crippen molar-refractivity contribution in [2.45, 2.75) is 40.7 Å². The van der Waals surface area contributed by atoms with Crippen LogP contribution in [0.3, 0.4) is 0 Å². The molecule has 2 heterocycles. The predicted octanol–water partition coefficient (Wildman–Crippen LogP) is 4.21. The van der Waals surface area contributed by atoms with E-state index in [1.165, 1.54) is 11.3 Å². The summed E-state index contributed by atoms with van der Waals surface area (Å²) in [7, 11) is 1.61. The number of thiophene rings is 1. The molecule has 0 saturated heterocycles. The van der Waals surface area contributed by atoms with Gasteiger partial charge in [0.2, 0.25) is 0 Å². The molecule has 0 aliphatic heterocycles. The van der Waals surface area contributed by atoms with Crippen LogP contribution in [-0.2, 0) is 13.0 Å². The number of rotatable bonds is 7. The summed E-state index contributed by atoms with van der Waals surface area (Å²) in [5, 5.41) is 3.98. The molecule has 0 spiro atoms. The van der Waals surface area contributed by atoms with E-state index >= 15 is 0 Å². The molecule has 0 unspecified atom stereocenters. The first kappa shape index (κ1) is 20.1. The number of carbonyl (C=O) groups is 1. The highest BCUT2D eigenvalue weighted by molar-refractivity contribution is 7.20. The van der Waals surface area contributed by atoms with Crippen molar-refractivity contribution in [2.75, 3.05) is 13.7 Å². The fourth-order valence-corrected chi connectivity index (χ4v) is 4.30. The van der Waals surface area contributed by atoms with Gasteiger partial charge in [-0.1, -0.05) is 13.0 Å². The second kappa shape index (κ2) is 8.56. The molecule has 0 saturated carbocycles. The van der Waals surface area contributed by atoms with Crippen LogP contribution in [0.25, 0.3) is 10.2 Å². The SMILES string of the molecule is CCOc1ccc(CNC(=O)c2sc3nc(CC)nc(C)c3c2C)cc1OC. The molecule has 0 radical (unpaired) electrons. The van der Waals surface area contributed by atoms with Gasteiger partial charge in [0.15, 0.2) is 11.5 Å². The van der Waals surface area contributed by atoms with Crippen LogP contribution in [-0.4, -0.2) is 29.6 Å². The van der Waals surface area contributed by atoms with E-state index in [0.29, 0.717) is 29.5 Å². The zero-order chi connectivity index (χ0) is 20.3. The Morgan fingerprint density at radius 1 is 1.18 bits per heavy atom. The van der Waals surface area contributed by atoms with Crippen LogP contribution < -0.4 is 14.8 Å². The summed E-state index contributed by atoms with van der Waals surface area (Å²) in [5.41, 5.74) is 2.80. The van der Waals surface area contributed by atoms with Gasteiger partial charge in [0, 0.05) is 24.0 Å². The number of fused-ring (bicyclic) bond motifs is 1. The lowest BCUT2D eigenvalue weighted by Gasteiger charge is -2.11. The molecule has 3 aromatic rings. The standard InChI is InChI=1S/C21H25N3O3S/c1-6-17-23-13(4)18-12(3)19(28-21(18)24-17)20(25)22-11-14-8-9-15(27-7-2)16(10-14)26-5/h8-10H,6-7,11H2,1-5H3,(H,22,25). The number of carbonyl (C=O) groups excluding carboxylic acids is 1. The van der Waals surface area contributed by atoms with Crippen molar-refractivity contribution in [3.63, 3.8) is 0 Å². The summed E-state index contributed by atoms with van der Waals surface area (Å²) >= 11 is 1.42. The Morgan fingerprint density at radius 3 is 2.64 bits per heavy atom. The predicted molar refractivity (Wildman–Crippen MR) is 112 cm³/mol. The maximum atomic E-state index is 12.8. The smallest absolute Gasteiger partial charge is 0.261 e. The summed E-state index contributed by atoms with van der Waals surface area (Å²) in [6.45, 7) is 8.85. The molecule has 7 heteroatoms. The minimum Gasteiger partial charge on any atom is -0.493 e. The van der Waals surface area contributed by atoms with Gasteiger partial charge in [0.25, 0.3) is 5.91 Å². The number of nitrogens with zero attached hydrogens (tertiary/aromatic N) is 2. The molecule has 0 atom stereocenters. The monoisotopic (exact) mass is 399 g/mol. The van der Waals surface area contributed by atoms with Crippen LogP contribution in [0.4, 0.5) is 0 Å². The Balaban J connectivity index is 1.80. The summed E-state index contributed by atoms with van der Waals surface area (Å²) in [4.78, 5) is 23.5. The second-order valence-electron chi connectivity index (χ2n) is 6.42. The first-order chi connectivity index (χ1) is 13.5. The van der Waals surface area contributed by atoms with Gasteiger partial charge in [-0.15, -0.1) is 11.3 Å². The highest BCUT2D eigenvalue weighted by atomic mass is 32.1. The number of amides is 1. The van der Waals surface area contributed by atoms with Crippen molar-refractivity contribution in [1.82, 2.24) is 15.3 Å². The molecule has 3 rings (SSSR count). The van der Waals surface area contributed by atoms with Crippen LogP contribution in [0.2, 0.25) is 0 Å². The number of ether oxygens (including phenoxy) is 2. The zero-order valence-electron chi connectivity index (χ0n) is 16.9. The van der Waals surface area contributed by atoms with Crippen LogP contribution in [0.5, 0.6) is 11.5 Å². The number of hydrogen-bond acceptors (Lipinski definition) is 6. The molecular weight excluding hydrogens is 374 g/mol. The molecule has 0 fully saturated rings. The Labute approximate surface area is 168 Å². The highest BCUT2D eigenvalue weighted by Crippen LogP contribution is 2.32. The lowest BCUT2D eigenvalue weighted by Crippen LogP contribution is -2.22. The Hall–Kier alpha value is -2.67. The molecule has 0 bridgehead atoms. The Kier molecular flexibility index (Phi) is 6.14. The van der Waals surface area contributed by atoms with E-state index in [-0.39, 0.29) is 5.91 Å². The van der Waals surface area contributed by atoms with Gasteiger partial charge in [-0.05, 0) is 44.0 Å². The van der Waals surface area contributed by atoms with Crippen molar-refractivity contribution in [2.24, 2.45) is 0 Å². The number of aryl methyl sites for hydroxylation is 3. The third-order valence-corrected chi connectivity index (χ3v) is 5.71. The largest absolute Gasteiger partial charge is 0.493 e. The normalized spacial score (nSPS) is 10.9. The van der Waals surface area contributed by atoms with Crippen LogP contribution >= 0.6 is 11.3 Å². The highest BCUT2D eigenvalue weighted by Gasteiger charge is 2.19. The fourth-order valence-electron chi connectivity index (χ4n) is 3.13. The molecule has 0 aliphatic carbocycles. The Morgan fingerprint density at radius 2 is 1.96 bits per heavy atom. The molecule has 28 heavy (non-hydrogen) atoms. The van der Waals surface area contributed by atoms with E-state index in [4.69, 9.17) is 9.47 Å². The Bertz CT molecular complexity index is 1010. The third kappa shape index (κ3) is 3.94. The number of aromatic nitrogens is 2. The van der Waals surface area contributed by atoms with E-state index in [0.717, 1.165) is 39.3 Å². The van der Waals surface area contributed by atoms with E-state index in [1.807, 2.05) is 45.9 Å². The van der Waals surface area contributed by atoms with Crippen molar-refractivity contribution < 1.29 is 14.3 Å². The molecular formula is C21H25N3O3S. The van der Waals surface area contributed by atoms with Crippen molar-refractivity contribution in [3.8, 4) is 11.5 Å². The van der Waals surface area contributed by atoms with Gasteiger partial charge in [-0.2, -0.15) is 0 Å². The second-order valence-corrected chi connectivity index (χ2v) is 7.42.